The van der Waals surface area contributed by atoms with Crippen molar-refractivity contribution in [3.8, 4) is 17.6 Å². The molecule has 25 heavy (non-hydrogen) atoms. The van der Waals surface area contributed by atoms with Crippen molar-refractivity contribution in [1.82, 2.24) is 5.32 Å². The molecule has 128 valence electrons. The summed E-state index contributed by atoms with van der Waals surface area (Å²) in [6, 6.07) is 14.5. The van der Waals surface area contributed by atoms with Gasteiger partial charge in [-0.3, -0.25) is 4.79 Å². The van der Waals surface area contributed by atoms with E-state index in [1.165, 1.54) is 0 Å². The Morgan fingerprint density at radius 1 is 1.20 bits per heavy atom. The van der Waals surface area contributed by atoms with Gasteiger partial charge in [0.05, 0.1) is 12.7 Å². The highest BCUT2D eigenvalue weighted by Crippen LogP contribution is 2.17. The molecule has 0 aromatic heterocycles. The summed E-state index contributed by atoms with van der Waals surface area (Å²) in [5, 5.41) is 2.64. The fourth-order valence-corrected chi connectivity index (χ4v) is 2.06. The van der Waals surface area contributed by atoms with Crippen LogP contribution in [-0.4, -0.2) is 26.0 Å². The van der Waals surface area contributed by atoms with Crippen LogP contribution in [0.25, 0.3) is 0 Å². The Kier molecular flexibility index (Phi) is 7.08. The number of rotatable bonds is 6. The van der Waals surface area contributed by atoms with Crippen LogP contribution < -0.4 is 10.1 Å². The Labute approximate surface area is 147 Å². The van der Waals surface area contributed by atoms with Gasteiger partial charge in [-0.25, -0.2) is 4.79 Å². The lowest BCUT2D eigenvalue weighted by molar-refractivity contribution is 0.112. The Bertz CT molecular complexity index is 775. The number of aldehydes is 1. The maximum Gasteiger partial charge on any atom is 0.407 e. The highest BCUT2D eigenvalue weighted by atomic mass is 16.5. The summed E-state index contributed by atoms with van der Waals surface area (Å²) in [5.41, 5.74) is 2.10. The number of carbonyl (C=O) groups is 2. The van der Waals surface area contributed by atoms with Gasteiger partial charge in [0, 0.05) is 18.5 Å². The van der Waals surface area contributed by atoms with E-state index in [1.807, 2.05) is 30.3 Å². The van der Waals surface area contributed by atoms with Crippen molar-refractivity contribution in [1.29, 1.82) is 0 Å². The van der Waals surface area contributed by atoms with Gasteiger partial charge in [0.15, 0.2) is 0 Å². The quantitative estimate of drug-likeness (QED) is 0.499. The van der Waals surface area contributed by atoms with Crippen LogP contribution >= 0.6 is 0 Å². The van der Waals surface area contributed by atoms with E-state index in [0.29, 0.717) is 29.8 Å². The first-order valence-corrected chi connectivity index (χ1v) is 7.79. The van der Waals surface area contributed by atoms with E-state index in [2.05, 4.69) is 17.2 Å². The lowest BCUT2D eigenvalue weighted by Crippen LogP contribution is -2.24. The smallest absolute Gasteiger partial charge is 0.407 e. The number of alkyl carbamates (subject to hydrolysis) is 1. The summed E-state index contributed by atoms with van der Waals surface area (Å²) >= 11 is 0. The normalized spacial score (nSPS) is 9.48. The molecule has 1 amide bonds. The van der Waals surface area contributed by atoms with Crippen LogP contribution in [0.4, 0.5) is 4.79 Å². The molecule has 0 atom stereocenters. The molecule has 5 heteroatoms. The maximum atomic E-state index is 11.6. The van der Waals surface area contributed by atoms with Gasteiger partial charge in [-0.15, -0.1) is 0 Å². The van der Waals surface area contributed by atoms with Gasteiger partial charge < -0.3 is 14.8 Å². The molecule has 0 bridgehead atoms. The van der Waals surface area contributed by atoms with Crippen molar-refractivity contribution in [3.63, 3.8) is 0 Å². The fourth-order valence-electron chi connectivity index (χ4n) is 2.06. The maximum absolute atomic E-state index is 11.6. The second-order valence-electron chi connectivity index (χ2n) is 5.12. The minimum Gasteiger partial charge on any atom is -0.495 e. The number of methoxy groups -OCH3 is 1. The first kappa shape index (κ1) is 18.1. The molecule has 0 spiro atoms. The molecule has 1 N–H and O–H groups in total. The first-order valence-electron chi connectivity index (χ1n) is 7.79. The zero-order valence-corrected chi connectivity index (χ0v) is 14.0. The minimum atomic E-state index is -0.480. The van der Waals surface area contributed by atoms with Crippen LogP contribution in [0.15, 0.2) is 48.5 Å². The third-order valence-corrected chi connectivity index (χ3v) is 3.31. The standard InChI is InChI=1S/C20H19NO4/c1-24-19-11-10-17(14-22)13-18(19)9-5-6-12-21-20(23)25-15-16-7-3-2-4-8-16/h2-4,7-8,10-11,13-14H,6,12,15H2,1H3,(H,21,23). The number of benzene rings is 2. The summed E-state index contributed by atoms with van der Waals surface area (Å²) in [6.45, 7) is 0.602. The summed E-state index contributed by atoms with van der Waals surface area (Å²) in [6.07, 6.45) is 0.732. The van der Waals surface area contributed by atoms with E-state index in [0.717, 1.165) is 11.8 Å². The van der Waals surface area contributed by atoms with Crippen molar-refractivity contribution in [2.45, 2.75) is 13.0 Å². The van der Waals surface area contributed by atoms with Gasteiger partial charge >= 0.3 is 6.09 Å². The highest BCUT2D eigenvalue weighted by Gasteiger charge is 2.02. The van der Waals surface area contributed by atoms with Crippen molar-refractivity contribution in [2.24, 2.45) is 0 Å². The second kappa shape index (κ2) is 9.78. The molecular formula is C20H19NO4. The fraction of sp³-hybridized carbons (Fsp3) is 0.200. The Morgan fingerprint density at radius 3 is 2.72 bits per heavy atom. The van der Waals surface area contributed by atoms with E-state index in [1.54, 1.807) is 25.3 Å². The zero-order valence-electron chi connectivity index (χ0n) is 14.0. The van der Waals surface area contributed by atoms with Crippen molar-refractivity contribution < 1.29 is 19.1 Å². The number of carbonyl (C=O) groups excluding carboxylic acids is 2. The Balaban J connectivity index is 1.77. The van der Waals surface area contributed by atoms with E-state index >= 15 is 0 Å². The van der Waals surface area contributed by atoms with Gasteiger partial charge in [0.1, 0.15) is 18.6 Å². The van der Waals surface area contributed by atoms with E-state index in [4.69, 9.17) is 9.47 Å². The predicted molar refractivity (Wildman–Crippen MR) is 94.5 cm³/mol. The lowest BCUT2D eigenvalue weighted by atomic mass is 10.1. The molecule has 2 rings (SSSR count). The molecule has 5 nitrogen and oxygen atoms in total. The van der Waals surface area contributed by atoms with Crippen molar-refractivity contribution in [2.75, 3.05) is 13.7 Å². The topological polar surface area (TPSA) is 64.6 Å². The summed E-state index contributed by atoms with van der Waals surface area (Å²) in [7, 11) is 1.55. The number of amides is 1. The highest BCUT2D eigenvalue weighted by molar-refractivity contribution is 5.76. The molecule has 0 saturated heterocycles. The monoisotopic (exact) mass is 337 g/mol. The molecule has 0 heterocycles. The van der Waals surface area contributed by atoms with Crippen molar-refractivity contribution >= 4 is 12.4 Å². The zero-order chi connectivity index (χ0) is 17.9. The third-order valence-electron chi connectivity index (χ3n) is 3.31. The minimum absolute atomic E-state index is 0.230. The van der Waals surface area contributed by atoms with E-state index in [9.17, 15) is 9.59 Å². The second-order valence-corrected chi connectivity index (χ2v) is 5.12. The molecule has 2 aromatic carbocycles. The molecular weight excluding hydrogens is 318 g/mol. The first-order chi connectivity index (χ1) is 12.2. The number of ether oxygens (including phenoxy) is 2. The summed E-state index contributed by atoms with van der Waals surface area (Å²) < 4.78 is 10.3. The van der Waals surface area contributed by atoms with E-state index < -0.39 is 6.09 Å². The Morgan fingerprint density at radius 2 is 2.00 bits per heavy atom. The largest absolute Gasteiger partial charge is 0.495 e. The SMILES string of the molecule is COc1ccc(C=O)cc1C#CCCNC(=O)OCc1ccccc1. The molecule has 0 radical (unpaired) electrons. The predicted octanol–water partition coefficient (Wildman–Crippen LogP) is 3.18. The molecule has 0 fully saturated rings. The summed E-state index contributed by atoms with van der Waals surface area (Å²) in [4.78, 5) is 22.4. The van der Waals surface area contributed by atoms with Gasteiger partial charge in [-0.05, 0) is 23.8 Å². The van der Waals surface area contributed by atoms with Crippen LogP contribution in [-0.2, 0) is 11.3 Å². The van der Waals surface area contributed by atoms with Crippen LogP contribution in [0, 0.1) is 11.8 Å². The van der Waals surface area contributed by atoms with Gasteiger partial charge in [-0.2, -0.15) is 0 Å². The number of hydrogen-bond acceptors (Lipinski definition) is 4. The van der Waals surface area contributed by atoms with Crippen LogP contribution in [0.5, 0.6) is 5.75 Å². The average Bonchev–Trinajstić information content (AvgIpc) is 2.66. The average molecular weight is 337 g/mol. The van der Waals surface area contributed by atoms with Gasteiger partial charge in [0.25, 0.3) is 0 Å². The Hall–Kier alpha value is -3.26. The molecule has 2 aromatic rings. The number of nitrogens with one attached hydrogen (secondary N) is 1. The lowest BCUT2D eigenvalue weighted by Gasteiger charge is -2.05. The third kappa shape index (κ3) is 6.04. The summed E-state index contributed by atoms with van der Waals surface area (Å²) in [5.74, 6) is 6.49. The molecule has 0 saturated carbocycles. The van der Waals surface area contributed by atoms with E-state index in [-0.39, 0.29) is 6.61 Å². The van der Waals surface area contributed by atoms with Crippen LogP contribution in [0.3, 0.4) is 0 Å². The van der Waals surface area contributed by atoms with Gasteiger partial charge in [-0.1, -0.05) is 42.2 Å². The molecule has 0 aliphatic carbocycles. The number of hydrogen-bond donors (Lipinski definition) is 1. The van der Waals surface area contributed by atoms with Crippen molar-refractivity contribution in [3.05, 3.63) is 65.2 Å². The molecule has 0 aliphatic heterocycles. The molecule has 0 aliphatic rings. The van der Waals surface area contributed by atoms with Gasteiger partial charge in [0.2, 0.25) is 0 Å². The van der Waals surface area contributed by atoms with Crippen LogP contribution in [0.1, 0.15) is 27.9 Å². The molecule has 0 unspecified atom stereocenters. The van der Waals surface area contributed by atoms with Crippen LogP contribution in [0.2, 0.25) is 0 Å².